The molecule has 0 heterocycles. The Bertz CT molecular complexity index is 841. The van der Waals surface area contributed by atoms with Crippen LogP contribution in [0.4, 0.5) is 27.6 Å². The maximum atomic E-state index is 13.6. The lowest BCUT2D eigenvalue weighted by molar-refractivity contribution is -0.115. The van der Waals surface area contributed by atoms with E-state index in [1.807, 2.05) is 0 Å². The highest BCUT2D eigenvalue weighted by Crippen LogP contribution is 2.23. The van der Waals surface area contributed by atoms with Crippen LogP contribution in [-0.2, 0) is 11.2 Å². The molecule has 0 unspecified atom stereocenters. The first-order chi connectivity index (χ1) is 12.3. The van der Waals surface area contributed by atoms with Gasteiger partial charge in [0.15, 0.2) is 23.3 Å². The molecule has 0 radical (unpaired) electrons. The zero-order valence-corrected chi connectivity index (χ0v) is 13.4. The summed E-state index contributed by atoms with van der Waals surface area (Å²) in [6.45, 7) is 2.10. The summed E-state index contributed by atoms with van der Waals surface area (Å²) in [7, 11) is 0. The van der Waals surface area contributed by atoms with E-state index in [1.165, 1.54) is 24.3 Å². The largest absolute Gasteiger partial charge is 0.352 e. The Kier molecular flexibility index (Phi) is 5.91. The molecule has 0 aliphatic heterocycles. The minimum atomic E-state index is -2.29. The maximum absolute atomic E-state index is 13.6. The Balaban J connectivity index is 2.20. The highest BCUT2D eigenvalue weighted by atomic mass is 19.2. The van der Waals surface area contributed by atoms with E-state index in [0.29, 0.717) is 6.54 Å². The minimum Gasteiger partial charge on any atom is -0.352 e. The summed E-state index contributed by atoms with van der Waals surface area (Å²) < 4.78 is 66.5. The Labute approximate surface area is 145 Å². The molecule has 0 aromatic heterocycles. The van der Waals surface area contributed by atoms with E-state index in [9.17, 15) is 31.5 Å². The van der Waals surface area contributed by atoms with Gasteiger partial charge in [-0.1, -0.05) is 6.07 Å². The molecule has 0 saturated heterocycles. The van der Waals surface area contributed by atoms with Gasteiger partial charge in [0.1, 0.15) is 0 Å². The fraction of sp³-hybridized carbons (Fsp3) is 0.176. The number of carbonyl (C=O) groups excluding carboxylic acids is 2. The molecule has 0 spiro atoms. The lowest BCUT2D eigenvalue weighted by Gasteiger charge is -2.10. The van der Waals surface area contributed by atoms with Gasteiger partial charge in [-0.3, -0.25) is 9.59 Å². The quantitative estimate of drug-likeness (QED) is 0.481. The van der Waals surface area contributed by atoms with E-state index < -0.39 is 52.9 Å². The SMILES string of the molecule is CCNC(=O)c1cccc(NC(=O)Cc2c(F)c(F)c(F)c(F)c2F)c1. The molecule has 138 valence electrons. The van der Waals surface area contributed by atoms with Gasteiger partial charge in [0.25, 0.3) is 5.91 Å². The van der Waals surface area contributed by atoms with Crippen molar-refractivity contribution in [3.8, 4) is 0 Å². The standard InChI is InChI=1S/C17H13F5N2O2/c1-2-23-17(26)8-4-3-5-9(6-8)24-11(25)7-10-12(18)14(20)16(22)15(21)13(10)19/h3-6H,2,7H2,1H3,(H,23,26)(H,24,25). The Morgan fingerprint density at radius 3 is 2.08 bits per heavy atom. The third kappa shape index (κ3) is 3.98. The van der Waals surface area contributed by atoms with E-state index in [1.54, 1.807) is 6.92 Å². The first-order valence-corrected chi connectivity index (χ1v) is 7.44. The van der Waals surface area contributed by atoms with Gasteiger partial charge >= 0.3 is 0 Å². The normalized spacial score (nSPS) is 10.5. The summed E-state index contributed by atoms with van der Waals surface area (Å²) in [5.74, 6) is -12.1. The molecule has 4 nitrogen and oxygen atoms in total. The van der Waals surface area contributed by atoms with Gasteiger partial charge in [-0.25, -0.2) is 22.0 Å². The van der Waals surface area contributed by atoms with Crippen LogP contribution < -0.4 is 10.6 Å². The molecule has 26 heavy (non-hydrogen) atoms. The molecule has 2 aromatic carbocycles. The number of nitrogens with one attached hydrogen (secondary N) is 2. The van der Waals surface area contributed by atoms with Gasteiger partial charge < -0.3 is 10.6 Å². The van der Waals surface area contributed by atoms with Crippen LogP contribution in [0.5, 0.6) is 0 Å². The molecular weight excluding hydrogens is 359 g/mol. The first kappa shape index (κ1) is 19.4. The second kappa shape index (κ2) is 7.94. The molecule has 0 fully saturated rings. The summed E-state index contributed by atoms with van der Waals surface area (Å²) in [5.41, 5.74) is -0.887. The van der Waals surface area contributed by atoms with Crippen molar-refractivity contribution in [1.29, 1.82) is 0 Å². The van der Waals surface area contributed by atoms with Gasteiger partial charge in [-0.15, -0.1) is 0 Å². The fourth-order valence-electron chi connectivity index (χ4n) is 2.17. The van der Waals surface area contributed by atoms with Crippen LogP contribution in [0.3, 0.4) is 0 Å². The van der Waals surface area contributed by atoms with Crippen molar-refractivity contribution in [2.45, 2.75) is 13.3 Å². The van der Waals surface area contributed by atoms with Crippen molar-refractivity contribution in [3.63, 3.8) is 0 Å². The predicted molar refractivity (Wildman–Crippen MR) is 83.0 cm³/mol. The molecule has 0 atom stereocenters. The van der Waals surface area contributed by atoms with E-state index in [-0.39, 0.29) is 11.3 Å². The van der Waals surface area contributed by atoms with Crippen LogP contribution in [0.1, 0.15) is 22.8 Å². The number of amides is 2. The lowest BCUT2D eigenvalue weighted by atomic mass is 10.1. The number of halogens is 5. The third-order valence-electron chi connectivity index (χ3n) is 3.38. The number of hydrogen-bond acceptors (Lipinski definition) is 2. The molecule has 9 heteroatoms. The average Bonchev–Trinajstić information content (AvgIpc) is 2.62. The number of benzene rings is 2. The van der Waals surface area contributed by atoms with Crippen molar-refractivity contribution >= 4 is 17.5 Å². The summed E-state index contributed by atoms with van der Waals surface area (Å²) in [4.78, 5) is 23.6. The van der Waals surface area contributed by atoms with Gasteiger partial charge in [0, 0.05) is 23.4 Å². The van der Waals surface area contributed by atoms with Crippen molar-refractivity contribution < 1.29 is 31.5 Å². The molecule has 2 rings (SSSR count). The molecule has 2 N–H and O–H groups in total. The van der Waals surface area contributed by atoms with Crippen molar-refractivity contribution in [2.24, 2.45) is 0 Å². The second-order valence-electron chi connectivity index (χ2n) is 5.21. The second-order valence-corrected chi connectivity index (χ2v) is 5.21. The predicted octanol–water partition coefficient (Wildman–Crippen LogP) is 3.31. The van der Waals surface area contributed by atoms with E-state index >= 15 is 0 Å². The zero-order valence-electron chi connectivity index (χ0n) is 13.4. The minimum absolute atomic E-state index is 0.127. The highest BCUT2D eigenvalue weighted by molar-refractivity contribution is 5.97. The molecule has 0 aliphatic rings. The zero-order chi connectivity index (χ0) is 19.4. The third-order valence-corrected chi connectivity index (χ3v) is 3.38. The van der Waals surface area contributed by atoms with Gasteiger partial charge in [0.2, 0.25) is 11.7 Å². The topological polar surface area (TPSA) is 58.2 Å². The first-order valence-electron chi connectivity index (χ1n) is 7.44. The van der Waals surface area contributed by atoms with Crippen LogP contribution in [0.25, 0.3) is 0 Å². The van der Waals surface area contributed by atoms with Crippen molar-refractivity contribution in [3.05, 3.63) is 64.5 Å². The van der Waals surface area contributed by atoms with Crippen LogP contribution in [-0.4, -0.2) is 18.4 Å². The molecule has 2 amide bonds. The summed E-state index contributed by atoms with van der Waals surface area (Å²) in [6, 6.07) is 5.64. The fourth-order valence-corrected chi connectivity index (χ4v) is 2.17. The van der Waals surface area contributed by atoms with E-state index in [2.05, 4.69) is 10.6 Å². The van der Waals surface area contributed by atoms with Crippen molar-refractivity contribution in [1.82, 2.24) is 5.32 Å². The number of rotatable bonds is 5. The highest BCUT2D eigenvalue weighted by Gasteiger charge is 2.26. The van der Waals surface area contributed by atoms with E-state index in [4.69, 9.17) is 0 Å². The van der Waals surface area contributed by atoms with Crippen LogP contribution in [0.2, 0.25) is 0 Å². The Hall–Kier alpha value is -2.97. The maximum Gasteiger partial charge on any atom is 0.251 e. The smallest absolute Gasteiger partial charge is 0.251 e. The van der Waals surface area contributed by atoms with E-state index in [0.717, 1.165) is 0 Å². The molecule has 0 bridgehead atoms. The van der Waals surface area contributed by atoms with Crippen molar-refractivity contribution in [2.75, 3.05) is 11.9 Å². The summed E-state index contributed by atoms with van der Waals surface area (Å²) >= 11 is 0. The lowest BCUT2D eigenvalue weighted by Crippen LogP contribution is -2.23. The molecule has 0 aliphatic carbocycles. The number of carbonyl (C=O) groups is 2. The number of hydrogen-bond donors (Lipinski definition) is 2. The summed E-state index contributed by atoms with van der Waals surface area (Å²) in [5, 5.41) is 4.79. The van der Waals surface area contributed by atoms with Gasteiger partial charge in [-0.05, 0) is 25.1 Å². The summed E-state index contributed by atoms with van der Waals surface area (Å²) in [6.07, 6.45) is -1.07. The Morgan fingerprint density at radius 1 is 0.923 bits per heavy atom. The van der Waals surface area contributed by atoms with Gasteiger partial charge in [-0.2, -0.15) is 0 Å². The van der Waals surface area contributed by atoms with Crippen LogP contribution in [0.15, 0.2) is 24.3 Å². The monoisotopic (exact) mass is 372 g/mol. The average molecular weight is 372 g/mol. The molecule has 0 saturated carbocycles. The van der Waals surface area contributed by atoms with Crippen LogP contribution >= 0.6 is 0 Å². The molecule has 2 aromatic rings. The van der Waals surface area contributed by atoms with Crippen LogP contribution in [0, 0.1) is 29.1 Å². The molecular formula is C17H13F5N2O2. The Morgan fingerprint density at radius 2 is 1.50 bits per heavy atom. The van der Waals surface area contributed by atoms with Gasteiger partial charge in [0.05, 0.1) is 6.42 Å². The number of anilines is 1.